The quantitative estimate of drug-likeness (QED) is 0.655. The number of nitrogens with zero attached hydrogens (tertiary/aromatic N) is 2. The Hall–Kier alpha value is -2.11. The van der Waals surface area contributed by atoms with Gasteiger partial charge in [-0.15, -0.1) is 0 Å². The molecule has 0 radical (unpaired) electrons. The second-order valence-corrected chi connectivity index (χ2v) is 8.43. The van der Waals surface area contributed by atoms with Crippen molar-refractivity contribution < 1.29 is 0 Å². The first-order valence-electron chi connectivity index (χ1n) is 9.84. The minimum Gasteiger partial charge on any atom is -0.369 e. The summed E-state index contributed by atoms with van der Waals surface area (Å²) in [6, 6.07) is 15.0. The molecular formula is C22H27N3OS. The molecule has 27 heavy (non-hydrogen) atoms. The molecule has 1 aliphatic rings. The second-order valence-electron chi connectivity index (χ2n) is 7.42. The van der Waals surface area contributed by atoms with E-state index in [1.54, 1.807) is 0 Å². The Kier molecular flexibility index (Phi) is 5.60. The molecule has 5 heteroatoms. The first-order chi connectivity index (χ1) is 13.2. The van der Waals surface area contributed by atoms with Gasteiger partial charge in [0.1, 0.15) is 0 Å². The zero-order chi connectivity index (χ0) is 18.6. The van der Waals surface area contributed by atoms with E-state index in [0.29, 0.717) is 0 Å². The Morgan fingerprint density at radius 3 is 2.67 bits per heavy atom. The lowest BCUT2D eigenvalue weighted by Crippen LogP contribution is -2.46. The molecule has 0 bridgehead atoms. The monoisotopic (exact) mass is 381 g/mol. The fraction of sp³-hybridized carbons (Fsp3) is 0.409. The number of aromatic amines is 1. The number of aryl methyl sites for hydroxylation is 2. The number of H-pyrrole nitrogens is 1. The molecule has 1 fully saturated rings. The van der Waals surface area contributed by atoms with Crippen LogP contribution < -0.4 is 9.77 Å². The molecule has 0 aliphatic carbocycles. The maximum absolute atomic E-state index is 11.4. The van der Waals surface area contributed by atoms with Crippen molar-refractivity contribution in [1.82, 2.24) is 9.88 Å². The minimum atomic E-state index is 0.0342. The summed E-state index contributed by atoms with van der Waals surface area (Å²) >= 11 is 1.30. The number of unbranched alkanes of at least 4 members (excludes halogenated alkanes) is 1. The number of thiazole rings is 1. The second kappa shape index (κ2) is 8.28. The van der Waals surface area contributed by atoms with Gasteiger partial charge in [0.15, 0.2) is 0 Å². The summed E-state index contributed by atoms with van der Waals surface area (Å²) in [5, 5.41) is 0. The van der Waals surface area contributed by atoms with Crippen LogP contribution in [0.25, 0.3) is 10.2 Å². The smallest absolute Gasteiger partial charge is 0.305 e. The van der Waals surface area contributed by atoms with Crippen molar-refractivity contribution >= 4 is 27.2 Å². The Morgan fingerprint density at radius 2 is 1.85 bits per heavy atom. The van der Waals surface area contributed by atoms with Crippen LogP contribution in [-0.4, -0.2) is 42.6 Å². The Morgan fingerprint density at radius 1 is 1.04 bits per heavy atom. The molecule has 1 N–H and O–H groups in total. The van der Waals surface area contributed by atoms with Gasteiger partial charge >= 0.3 is 4.87 Å². The van der Waals surface area contributed by atoms with Gasteiger partial charge in [0.2, 0.25) is 0 Å². The third-order valence-electron chi connectivity index (χ3n) is 5.50. The maximum Gasteiger partial charge on any atom is 0.305 e. The molecule has 0 spiro atoms. The van der Waals surface area contributed by atoms with Crippen molar-refractivity contribution in [2.75, 3.05) is 37.6 Å². The summed E-state index contributed by atoms with van der Waals surface area (Å²) in [6.07, 6.45) is 3.51. The van der Waals surface area contributed by atoms with Gasteiger partial charge in [-0.1, -0.05) is 35.6 Å². The van der Waals surface area contributed by atoms with Crippen LogP contribution in [0.15, 0.2) is 47.3 Å². The zero-order valence-electron chi connectivity index (χ0n) is 15.9. The summed E-state index contributed by atoms with van der Waals surface area (Å²) in [7, 11) is 0. The minimum absolute atomic E-state index is 0.0342. The third-order valence-corrected chi connectivity index (χ3v) is 6.35. The van der Waals surface area contributed by atoms with Crippen LogP contribution in [0.3, 0.4) is 0 Å². The van der Waals surface area contributed by atoms with E-state index >= 15 is 0 Å². The molecule has 0 unspecified atom stereocenters. The highest BCUT2D eigenvalue weighted by Gasteiger charge is 2.17. The normalized spacial score (nSPS) is 15.5. The molecule has 0 atom stereocenters. The standard InChI is InChI=1S/C22H27N3OS/c1-17-6-2-3-8-20(17)25-14-12-24(13-15-25)11-5-4-7-18-9-10-19-21(16-18)27-22(26)23-19/h2-3,6,8-10,16H,4-5,7,11-15H2,1H3,(H,23,26). The SMILES string of the molecule is Cc1ccccc1N1CCN(CCCCc2ccc3[nH]c(=O)sc3c2)CC1. The topological polar surface area (TPSA) is 39.3 Å². The molecule has 1 aromatic heterocycles. The van der Waals surface area contributed by atoms with Gasteiger partial charge < -0.3 is 9.88 Å². The van der Waals surface area contributed by atoms with E-state index in [1.807, 2.05) is 6.07 Å². The van der Waals surface area contributed by atoms with Gasteiger partial charge in [0.25, 0.3) is 0 Å². The summed E-state index contributed by atoms with van der Waals surface area (Å²) in [5.41, 5.74) is 5.05. The van der Waals surface area contributed by atoms with Gasteiger partial charge in [-0.05, 0) is 62.1 Å². The van der Waals surface area contributed by atoms with E-state index in [2.05, 4.69) is 58.1 Å². The van der Waals surface area contributed by atoms with E-state index in [9.17, 15) is 4.79 Å². The van der Waals surface area contributed by atoms with Crippen LogP contribution in [0, 0.1) is 6.92 Å². The third kappa shape index (κ3) is 4.42. The number of nitrogens with one attached hydrogen (secondary N) is 1. The van der Waals surface area contributed by atoms with Crippen molar-refractivity contribution in [3.8, 4) is 0 Å². The highest BCUT2D eigenvalue weighted by atomic mass is 32.1. The largest absolute Gasteiger partial charge is 0.369 e. The first-order valence-corrected chi connectivity index (χ1v) is 10.7. The predicted molar refractivity (Wildman–Crippen MR) is 115 cm³/mol. The van der Waals surface area contributed by atoms with Gasteiger partial charge in [0, 0.05) is 31.9 Å². The number of anilines is 1. The molecule has 4 rings (SSSR count). The molecule has 142 valence electrons. The molecule has 0 amide bonds. The number of fused-ring (bicyclic) bond motifs is 1. The maximum atomic E-state index is 11.4. The van der Waals surface area contributed by atoms with Gasteiger partial charge in [-0.25, -0.2) is 0 Å². The fourth-order valence-electron chi connectivity index (χ4n) is 3.94. The molecule has 4 nitrogen and oxygen atoms in total. The number of aromatic nitrogens is 1. The number of piperazine rings is 1. The zero-order valence-corrected chi connectivity index (χ0v) is 16.7. The van der Waals surface area contributed by atoms with Crippen LogP contribution >= 0.6 is 11.3 Å². The van der Waals surface area contributed by atoms with Crippen molar-refractivity contribution in [2.45, 2.75) is 26.2 Å². The van der Waals surface area contributed by atoms with E-state index in [0.717, 1.165) is 42.8 Å². The highest BCUT2D eigenvalue weighted by Crippen LogP contribution is 2.21. The van der Waals surface area contributed by atoms with E-state index in [-0.39, 0.29) is 4.87 Å². The van der Waals surface area contributed by atoms with Crippen LogP contribution in [0.2, 0.25) is 0 Å². The molecule has 3 aromatic rings. The van der Waals surface area contributed by atoms with Gasteiger partial charge in [0.05, 0.1) is 10.2 Å². The van der Waals surface area contributed by atoms with Crippen LogP contribution in [0.5, 0.6) is 0 Å². The molecule has 1 aliphatic heterocycles. The van der Waals surface area contributed by atoms with E-state index in [4.69, 9.17) is 0 Å². The number of benzene rings is 2. The molecule has 0 saturated carbocycles. The van der Waals surface area contributed by atoms with Crippen LogP contribution in [0.1, 0.15) is 24.0 Å². The lowest BCUT2D eigenvalue weighted by atomic mass is 10.1. The van der Waals surface area contributed by atoms with E-state index in [1.165, 1.54) is 47.5 Å². The average molecular weight is 382 g/mol. The average Bonchev–Trinajstić information content (AvgIpc) is 3.05. The predicted octanol–water partition coefficient (Wildman–Crippen LogP) is 4.04. The Bertz CT molecular complexity index is 953. The summed E-state index contributed by atoms with van der Waals surface area (Å²) < 4.78 is 1.07. The molecule has 2 aromatic carbocycles. The lowest BCUT2D eigenvalue weighted by Gasteiger charge is -2.36. The van der Waals surface area contributed by atoms with Crippen molar-refractivity contribution in [3.05, 3.63) is 63.3 Å². The molecular weight excluding hydrogens is 354 g/mol. The van der Waals surface area contributed by atoms with Crippen molar-refractivity contribution in [1.29, 1.82) is 0 Å². The van der Waals surface area contributed by atoms with Gasteiger partial charge in [-0.2, -0.15) is 0 Å². The van der Waals surface area contributed by atoms with E-state index < -0.39 is 0 Å². The van der Waals surface area contributed by atoms with Crippen molar-refractivity contribution in [3.63, 3.8) is 0 Å². The number of hydrogen-bond acceptors (Lipinski definition) is 4. The Balaban J connectivity index is 1.21. The van der Waals surface area contributed by atoms with Crippen LogP contribution in [-0.2, 0) is 6.42 Å². The lowest BCUT2D eigenvalue weighted by molar-refractivity contribution is 0.253. The summed E-state index contributed by atoms with van der Waals surface area (Å²) in [5.74, 6) is 0. The fourth-order valence-corrected chi connectivity index (χ4v) is 4.74. The number of hydrogen-bond donors (Lipinski definition) is 1. The summed E-state index contributed by atoms with van der Waals surface area (Å²) in [4.78, 5) is 19.4. The van der Waals surface area contributed by atoms with Crippen LogP contribution in [0.4, 0.5) is 5.69 Å². The molecule has 2 heterocycles. The number of rotatable bonds is 6. The number of para-hydroxylation sites is 1. The van der Waals surface area contributed by atoms with Gasteiger partial charge in [-0.3, -0.25) is 9.69 Å². The van der Waals surface area contributed by atoms with Crippen molar-refractivity contribution in [2.24, 2.45) is 0 Å². The first kappa shape index (κ1) is 18.3. The summed E-state index contributed by atoms with van der Waals surface area (Å²) in [6.45, 7) is 7.92. The highest BCUT2D eigenvalue weighted by molar-refractivity contribution is 7.16. The molecule has 1 saturated heterocycles. The Labute approximate surface area is 164 Å².